The Morgan fingerprint density at radius 2 is 1.50 bits per heavy atom. The summed E-state index contributed by atoms with van der Waals surface area (Å²) in [5, 5.41) is 0. The first-order chi connectivity index (χ1) is 4.36. The van der Waals surface area contributed by atoms with Gasteiger partial charge in [-0.15, -0.1) is 0 Å². The number of carbonyl (C=O) groups is 1. The van der Waals surface area contributed by atoms with Crippen molar-refractivity contribution in [3.63, 3.8) is 0 Å². The van der Waals surface area contributed by atoms with Crippen LogP contribution in [0.4, 0.5) is 0 Å². The van der Waals surface area contributed by atoms with Gasteiger partial charge in [-0.25, -0.2) is 0 Å². The number of alkyl halides is 2. The Labute approximate surface area is 77.8 Å². The summed E-state index contributed by atoms with van der Waals surface area (Å²) in [6.45, 7) is 3.86. The van der Waals surface area contributed by atoms with Crippen molar-refractivity contribution in [1.82, 2.24) is 0 Å². The number of hydrogen-bond acceptors (Lipinski definition) is 1. The second kappa shape index (κ2) is 2.31. The van der Waals surface area contributed by atoms with Crippen molar-refractivity contribution >= 4 is 37.6 Å². The van der Waals surface area contributed by atoms with Gasteiger partial charge in [0, 0.05) is 0 Å². The van der Waals surface area contributed by atoms with E-state index in [0.717, 1.165) is 12.8 Å². The number of Topliss-reactive ketones (excluding diaryl/α,β-unsaturated/α-hetero) is 1. The normalized spacial score (nSPS) is 48.2. The van der Waals surface area contributed by atoms with Crippen LogP contribution in [0, 0.1) is 0 Å². The standard InChI is InChI=1S/C7H10Br2O/c1-6(8)3-4-7(2,9)5(6)10/h3-4H2,1-2H3. The van der Waals surface area contributed by atoms with Crippen molar-refractivity contribution < 1.29 is 4.79 Å². The highest BCUT2D eigenvalue weighted by atomic mass is 79.9. The van der Waals surface area contributed by atoms with Gasteiger partial charge in [0.25, 0.3) is 0 Å². The number of rotatable bonds is 0. The van der Waals surface area contributed by atoms with Crippen molar-refractivity contribution in [2.24, 2.45) is 0 Å². The fourth-order valence-electron chi connectivity index (χ4n) is 1.24. The minimum absolute atomic E-state index is 0.264. The van der Waals surface area contributed by atoms with E-state index in [1.807, 2.05) is 13.8 Å². The highest BCUT2D eigenvalue weighted by Crippen LogP contribution is 2.44. The SMILES string of the molecule is CC1(Br)CCC(C)(Br)C1=O. The van der Waals surface area contributed by atoms with E-state index in [2.05, 4.69) is 31.9 Å². The van der Waals surface area contributed by atoms with E-state index in [1.54, 1.807) is 0 Å². The molecule has 1 aliphatic rings. The van der Waals surface area contributed by atoms with Gasteiger partial charge in [0.2, 0.25) is 0 Å². The van der Waals surface area contributed by atoms with Crippen LogP contribution in [0.3, 0.4) is 0 Å². The van der Waals surface area contributed by atoms with Crippen LogP contribution in [-0.2, 0) is 4.79 Å². The molecule has 58 valence electrons. The highest BCUT2D eigenvalue weighted by Gasteiger charge is 2.48. The molecule has 0 bridgehead atoms. The predicted molar refractivity (Wildman–Crippen MR) is 48.9 cm³/mol. The summed E-state index contributed by atoms with van der Waals surface area (Å²) in [5.74, 6) is 0.264. The molecule has 0 aromatic heterocycles. The third-order valence-corrected chi connectivity index (χ3v) is 3.52. The maximum Gasteiger partial charge on any atom is 0.165 e. The quantitative estimate of drug-likeness (QED) is 0.618. The third kappa shape index (κ3) is 1.30. The maximum absolute atomic E-state index is 11.5. The molecule has 1 nitrogen and oxygen atoms in total. The van der Waals surface area contributed by atoms with E-state index in [9.17, 15) is 4.79 Å². The molecule has 0 aliphatic heterocycles. The first-order valence-corrected chi connectivity index (χ1v) is 4.88. The van der Waals surface area contributed by atoms with Crippen LogP contribution in [0.2, 0.25) is 0 Å². The van der Waals surface area contributed by atoms with Gasteiger partial charge in [-0.1, -0.05) is 31.9 Å². The van der Waals surface area contributed by atoms with Gasteiger partial charge >= 0.3 is 0 Å². The van der Waals surface area contributed by atoms with E-state index in [4.69, 9.17) is 0 Å². The molecular weight excluding hydrogens is 260 g/mol. The minimum Gasteiger partial charge on any atom is -0.297 e. The van der Waals surface area contributed by atoms with Crippen LogP contribution in [0.5, 0.6) is 0 Å². The zero-order valence-electron chi connectivity index (χ0n) is 6.08. The largest absolute Gasteiger partial charge is 0.297 e. The fourth-order valence-corrected chi connectivity index (χ4v) is 2.78. The van der Waals surface area contributed by atoms with Crippen molar-refractivity contribution in [3.8, 4) is 0 Å². The Morgan fingerprint density at radius 1 is 1.20 bits per heavy atom. The molecule has 1 rings (SSSR count). The topological polar surface area (TPSA) is 17.1 Å². The Kier molecular flexibility index (Phi) is 2.01. The zero-order valence-corrected chi connectivity index (χ0v) is 9.25. The highest BCUT2D eigenvalue weighted by molar-refractivity contribution is 9.11. The molecule has 0 aromatic rings. The average molecular weight is 270 g/mol. The Morgan fingerprint density at radius 3 is 1.60 bits per heavy atom. The molecule has 10 heavy (non-hydrogen) atoms. The molecule has 2 atom stereocenters. The zero-order chi connectivity index (χ0) is 7.99. The van der Waals surface area contributed by atoms with Crippen molar-refractivity contribution in [2.75, 3.05) is 0 Å². The van der Waals surface area contributed by atoms with E-state index in [1.165, 1.54) is 0 Å². The van der Waals surface area contributed by atoms with Crippen molar-refractivity contribution in [1.29, 1.82) is 0 Å². The van der Waals surface area contributed by atoms with Crippen molar-refractivity contribution in [2.45, 2.75) is 35.3 Å². The number of carbonyl (C=O) groups excluding carboxylic acids is 1. The summed E-state index contributed by atoms with van der Waals surface area (Å²) in [5.41, 5.74) is 0. The maximum atomic E-state index is 11.5. The van der Waals surface area contributed by atoms with Gasteiger partial charge in [-0.05, 0) is 26.7 Å². The predicted octanol–water partition coefficient (Wildman–Crippen LogP) is 2.66. The van der Waals surface area contributed by atoms with E-state index >= 15 is 0 Å². The molecule has 0 heterocycles. The molecule has 1 aliphatic carbocycles. The number of hydrogen-bond donors (Lipinski definition) is 0. The summed E-state index contributed by atoms with van der Waals surface area (Å²) in [7, 11) is 0. The Balaban J connectivity index is 2.88. The molecule has 0 radical (unpaired) electrons. The van der Waals surface area contributed by atoms with E-state index in [-0.39, 0.29) is 14.4 Å². The van der Waals surface area contributed by atoms with Crippen LogP contribution < -0.4 is 0 Å². The van der Waals surface area contributed by atoms with Gasteiger partial charge in [0.1, 0.15) is 0 Å². The Hall–Kier alpha value is 0.630. The molecule has 1 fully saturated rings. The monoisotopic (exact) mass is 268 g/mol. The summed E-state index contributed by atoms with van der Waals surface area (Å²) >= 11 is 6.81. The lowest BCUT2D eigenvalue weighted by molar-refractivity contribution is -0.120. The van der Waals surface area contributed by atoms with Crippen LogP contribution >= 0.6 is 31.9 Å². The molecule has 3 heteroatoms. The molecule has 0 saturated heterocycles. The Bertz CT molecular complexity index is 154. The molecule has 0 amide bonds. The summed E-state index contributed by atoms with van der Waals surface area (Å²) < 4.78 is -0.573. The van der Waals surface area contributed by atoms with Gasteiger partial charge in [0.15, 0.2) is 5.78 Å². The molecular formula is C7H10Br2O. The number of halogens is 2. The summed E-state index contributed by atoms with van der Waals surface area (Å²) in [6, 6.07) is 0. The fraction of sp³-hybridized carbons (Fsp3) is 0.857. The van der Waals surface area contributed by atoms with Gasteiger partial charge in [-0.3, -0.25) is 4.79 Å². The second-order valence-electron chi connectivity index (χ2n) is 3.22. The third-order valence-electron chi connectivity index (χ3n) is 2.01. The van der Waals surface area contributed by atoms with Crippen LogP contribution in [0.1, 0.15) is 26.7 Å². The molecule has 2 unspecified atom stereocenters. The first kappa shape index (κ1) is 8.72. The smallest absolute Gasteiger partial charge is 0.165 e. The lowest BCUT2D eigenvalue weighted by atomic mass is 10.1. The van der Waals surface area contributed by atoms with Crippen molar-refractivity contribution in [3.05, 3.63) is 0 Å². The van der Waals surface area contributed by atoms with Gasteiger partial charge in [0.05, 0.1) is 8.65 Å². The van der Waals surface area contributed by atoms with Gasteiger partial charge < -0.3 is 0 Å². The summed E-state index contributed by atoms with van der Waals surface area (Å²) in [6.07, 6.45) is 1.85. The van der Waals surface area contributed by atoms with Crippen LogP contribution in [0.15, 0.2) is 0 Å². The second-order valence-corrected chi connectivity index (χ2v) is 6.72. The van der Waals surface area contributed by atoms with Crippen LogP contribution in [-0.4, -0.2) is 14.4 Å². The molecule has 1 saturated carbocycles. The minimum atomic E-state index is -0.286. The first-order valence-electron chi connectivity index (χ1n) is 3.29. The van der Waals surface area contributed by atoms with Gasteiger partial charge in [-0.2, -0.15) is 0 Å². The van der Waals surface area contributed by atoms with E-state index < -0.39 is 0 Å². The lowest BCUT2D eigenvalue weighted by Crippen LogP contribution is -2.32. The average Bonchev–Trinajstić information content (AvgIpc) is 1.95. The number of ketones is 1. The van der Waals surface area contributed by atoms with Crippen LogP contribution in [0.25, 0.3) is 0 Å². The molecule has 0 spiro atoms. The molecule has 0 N–H and O–H groups in total. The lowest BCUT2D eigenvalue weighted by Gasteiger charge is -2.16. The summed E-state index contributed by atoms with van der Waals surface area (Å²) in [4.78, 5) is 11.5. The molecule has 0 aromatic carbocycles. The van der Waals surface area contributed by atoms with E-state index in [0.29, 0.717) is 0 Å².